The zero-order valence-corrected chi connectivity index (χ0v) is 19.9. The van der Waals surface area contributed by atoms with Crippen LogP contribution in [-0.4, -0.2) is 46.5 Å². The van der Waals surface area contributed by atoms with Crippen LogP contribution in [0.2, 0.25) is 0 Å². The Bertz CT molecular complexity index is 1070. The lowest BCUT2D eigenvalue weighted by molar-refractivity contribution is -0.122. The van der Waals surface area contributed by atoms with E-state index in [0.29, 0.717) is 31.9 Å². The van der Waals surface area contributed by atoms with Crippen molar-refractivity contribution in [2.75, 3.05) is 36.5 Å². The van der Waals surface area contributed by atoms with Crippen LogP contribution in [0.1, 0.15) is 32.3 Å². The number of aryl methyl sites for hydroxylation is 1. The van der Waals surface area contributed by atoms with Gasteiger partial charge in [-0.3, -0.25) is 9.59 Å². The summed E-state index contributed by atoms with van der Waals surface area (Å²) in [4.78, 5) is 27.1. The predicted molar refractivity (Wildman–Crippen MR) is 128 cm³/mol. The van der Waals surface area contributed by atoms with E-state index in [1.54, 1.807) is 17.0 Å². The van der Waals surface area contributed by atoms with Gasteiger partial charge in [0.05, 0.1) is 10.8 Å². The number of amides is 2. The van der Waals surface area contributed by atoms with Crippen LogP contribution < -0.4 is 14.9 Å². The summed E-state index contributed by atoms with van der Waals surface area (Å²) in [7, 11) is -3.63. The van der Waals surface area contributed by atoms with Gasteiger partial charge >= 0.3 is 0 Å². The minimum absolute atomic E-state index is 0.0760. The molecule has 2 aromatic rings. The van der Waals surface area contributed by atoms with Crippen molar-refractivity contribution in [2.45, 2.75) is 38.0 Å². The summed E-state index contributed by atoms with van der Waals surface area (Å²) in [5.74, 6) is -0.810. The number of para-hydroxylation sites is 1. The molecular formula is C24H31N3O5S. The number of carbonyl (C=O) groups is 2. The van der Waals surface area contributed by atoms with Crippen molar-refractivity contribution in [3.05, 3.63) is 54.1 Å². The van der Waals surface area contributed by atoms with E-state index in [4.69, 9.17) is 4.74 Å². The lowest BCUT2D eigenvalue weighted by Gasteiger charge is -2.20. The van der Waals surface area contributed by atoms with E-state index in [1.807, 2.05) is 38.1 Å². The van der Waals surface area contributed by atoms with E-state index in [2.05, 4.69) is 10.0 Å². The van der Waals surface area contributed by atoms with Crippen molar-refractivity contribution in [1.29, 1.82) is 0 Å². The predicted octanol–water partition coefficient (Wildman–Crippen LogP) is 2.95. The van der Waals surface area contributed by atoms with Gasteiger partial charge in [0.25, 0.3) is 0 Å². The Kier molecular flexibility index (Phi) is 8.60. The van der Waals surface area contributed by atoms with Crippen molar-refractivity contribution < 1.29 is 22.7 Å². The van der Waals surface area contributed by atoms with E-state index >= 15 is 0 Å². The van der Waals surface area contributed by atoms with Crippen LogP contribution >= 0.6 is 0 Å². The number of ether oxygens (including phenoxy) is 1. The van der Waals surface area contributed by atoms with Gasteiger partial charge in [0.15, 0.2) is 0 Å². The lowest BCUT2D eigenvalue weighted by Crippen LogP contribution is -2.28. The van der Waals surface area contributed by atoms with Gasteiger partial charge in [-0.15, -0.1) is 0 Å². The second kappa shape index (κ2) is 11.4. The molecule has 0 radical (unpaired) electrons. The first-order valence-electron chi connectivity index (χ1n) is 11.2. The quantitative estimate of drug-likeness (QED) is 0.488. The minimum atomic E-state index is -3.63. The molecule has 1 aliphatic heterocycles. The molecule has 9 heteroatoms. The lowest BCUT2D eigenvalue weighted by atomic mass is 10.1. The Hall–Kier alpha value is -2.75. The molecule has 0 spiro atoms. The van der Waals surface area contributed by atoms with Crippen molar-refractivity contribution >= 4 is 33.2 Å². The van der Waals surface area contributed by atoms with Gasteiger partial charge in [-0.1, -0.05) is 25.1 Å². The molecule has 8 nitrogen and oxygen atoms in total. The summed E-state index contributed by atoms with van der Waals surface area (Å²) in [5, 5.41) is 2.80. The van der Waals surface area contributed by atoms with Crippen LogP contribution in [0.5, 0.6) is 0 Å². The fourth-order valence-electron chi connectivity index (χ4n) is 3.76. The Labute approximate surface area is 195 Å². The molecule has 0 bridgehead atoms. The van der Waals surface area contributed by atoms with Gasteiger partial charge in [0, 0.05) is 44.1 Å². The van der Waals surface area contributed by atoms with Gasteiger partial charge < -0.3 is 15.0 Å². The molecule has 0 aromatic heterocycles. The fraction of sp³-hybridized carbons (Fsp3) is 0.417. The minimum Gasteiger partial charge on any atom is -0.382 e. The number of hydrogen-bond acceptors (Lipinski definition) is 5. The Morgan fingerprint density at radius 1 is 1.12 bits per heavy atom. The molecule has 1 unspecified atom stereocenters. The fourth-order valence-corrected chi connectivity index (χ4v) is 4.83. The van der Waals surface area contributed by atoms with Crippen LogP contribution in [0.15, 0.2) is 53.4 Å². The highest BCUT2D eigenvalue weighted by Gasteiger charge is 2.35. The number of nitrogens with zero attached hydrogens (tertiary/aromatic N) is 1. The molecule has 0 saturated carbocycles. The van der Waals surface area contributed by atoms with Crippen molar-refractivity contribution in [3.63, 3.8) is 0 Å². The SMILES string of the molecule is CCOCCCNS(=O)(=O)c1ccc(NC(=O)C2CC(=O)N(c3ccccc3CC)C2)cc1. The number of rotatable bonds is 11. The van der Waals surface area contributed by atoms with Gasteiger partial charge in [-0.25, -0.2) is 13.1 Å². The Morgan fingerprint density at radius 2 is 1.85 bits per heavy atom. The monoisotopic (exact) mass is 473 g/mol. The number of anilines is 2. The molecule has 0 aliphatic carbocycles. The average molecular weight is 474 g/mol. The third kappa shape index (κ3) is 6.40. The van der Waals surface area contributed by atoms with Gasteiger partial charge in [0.1, 0.15) is 0 Å². The van der Waals surface area contributed by atoms with Gasteiger partial charge in [0.2, 0.25) is 21.8 Å². The van der Waals surface area contributed by atoms with Crippen molar-refractivity contribution in [3.8, 4) is 0 Å². The molecule has 2 N–H and O–H groups in total. The Morgan fingerprint density at radius 3 is 2.55 bits per heavy atom. The van der Waals surface area contributed by atoms with Crippen LogP contribution in [0.4, 0.5) is 11.4 Å². The van der Waals surface area contributed by atoms with Crippen molar-refractivity contribution in [1.82, 2.24) is 4.72 Å². The molecule has 1 atom stereocenters. The first-order valence-corrected chi connectivity index (χ1v) is 12.7. The summed E-state index contributed by atoms with van der Waals surface area (Å²) in [5.41, 5.74) is 2.40. The highest BCUT2D eigenvalue weighted by atomic mass is 32.2. The number of carbonyl (C=O) groups excluding carboxylic acids is 2. The maximum atomic E-state index is 12.8. The van der Waals surface area contributed by atoms with Crippen LogP contribution in [0, 0.1) is 5.92 Å². The number of sulfonamides is 1. The van der Waals surface area contributed by atoms with E-state index < -0.39 is 15.9 Å². The first-order chi connectivity index (χ1) is 15.9. The normalized spacial score (nSPS) is 16.2. The molecule has 2 aromatic carbocycles. The van der Waals surface area contributed by atoms with E-state index in [0.717, 1.165) is 17.7 Å². The molecule has 1 fully saturated rings. The van der Waals surface area contributed by atoms with Crippen LogP contribution in [0.3, 0.4) is 0 Å². The second-order valence-electron chi connectivity index (χ2n) is 7.85. The van der Waals surface area contributed by atoms with Crippen LogP contribution in [0.25, 0.3) is 0 Å². The summed E-state index contributed by atoms with van der Waals surface area (Å²) >= 11 is 0. The zero-order chi connectivity index (χ0) is 23.8. The second-order valence-corrected chi connectivity index (χ2v) is 9.62. The molecule has 3 rings (SSSR count). The third-order valence-electron chi connectivity index (χ3n) is 5.55. The van der Waals surface area contributed by atoms with Gasteiger partial charge in [-0.05, 0) is 55.7 Å². The topological polar surface area (TPSA) is 105 Å². The van der Waals surface area contributed by atoms with E-state index in [1.165, 1.54) is 12.1 Å². The molecule has 33 heavy (non-hydrogen) atoms. The standard InChI is InChI=1S/C24H31N3O5S/c1-3-18-8-5-6-9-22(18)27-17-19(16-23(27)28)24(29)26-20-10-12-21(13-11-20)33(30,31)25-14-7-15-32-4-2/h5-6,8-13,19,25H,3-4,7,14-17H2,1-2H3,(H,26,29). The molecule has 2 amide bonds. The summed E-state index contributed by atoms with van der Waals surface area (Å²) in [6, 6.07) is 13.7. The Balaban J connectivity index is 1.58. The van der Waals surface area contributed by atoms with E-state index in [-0.39, 0.29) is 29.7 Å². The van der Waals surface area contributed by atoms with Gasteiger partial charge in [-0.2, -0.15) is 0 Å². The molecule has 1 aliphatic rings. The van der Waals surface area contributed by atoms with E-state index in [9.17, 15) is 18.0 Å². The largest absolute Gasteiger partial charge is 0.382 e. The average Bonchev–Trinajstić information content (AvgIpc) is 3.20. The highest BCUT2D eigenvalue weighted by Crippen LogP contribution is 2.29. The maximum absolute atomic E-state index is 12.8. The van der Waals surface area contributed by atoms with Crippen molar-refractivity contribution in [2.24, 2.45) is 5.92 Å². The summed E-state index contributed by atoms with van der Waals surface area (Å²) < 4.78 is 32.5. The molecule has 1 saturated heterocycles. The number of hydrogen-bond donors (Lipinski definition) is 2. The molecular weight excluding hydrogens is 442 g/mol. The molecule has 1 heterocycles. The third-order valence-corrected chi connectivity index (χ3v) is 7.03. The zero-order valence-electron chi connectivity index (χ0n) is 19.0. The summed E-state index contributed by atoms with van der Waals surface area (Å²) in [6.45, 7) is 5.61. The number of nitrogens with one attached hydrogen (secondary N) is 2. The smallest absolute Gasteiger partial charge is 0.240 e. The maximum Gasteiger partial charge on any atom is 0.240 e. The number of benzene rings is 2. The summed E-state index contributed by atoms with van der Waals surface area (Å²) in [6.07, 6.45) is 1.52. The first kappa shape index (κ1) is 24.9. The molecule has 178 valence electrons. The van der Waals surface area contributed by atoms with Crippen LogP contribution in [-0.2, 0) is 30.8 Å². The highest BCUT2D eigenvalue weighted by molar-refractivity contribution is 7.89.